The van der Waals surface area contributed by atoms with Gasteiger partial charge in [0, 0.05) is 38.5 Å². The molecule has 0 aromatic carbocycles. The maximum Gasteiger partial charge on any atom is 0.133 e. The van der Waals surface area contributed by atoms with Crippen LogP contribution in [0.25, 0.3) is 0 Å². The summed E-state index contributed by atoms with van der Waals surface area (Å²) >= 11 is 0. The summed E-state index contributed by atoms with van der Waals surface area (Å²) in [5.41, 5.74) is 0. The van der Waals surface area contributed by atoms with Crippen LogP contribution >= 0.6 is 0 Å². The number of ketones is 3. The van der Waals surface area contributed by atoms with Crippen LogP contribution in [-0.4, -0.2) is 17.3 Å². The van der Waals surface area contributed by atoms with Gasteiger partial charge in [-0.25, -0.2) is 0 Å². The Morgan fingerprint density at radius 1 is 0.833 bits per heavy atom. The topological polar surface area (TPSA) is 51.2 Å². The Hall–Kier alpha value is -0.990. The summed E-state index contributed by atoms with van der Waals surface area (Å²) in [6.07, 6.45) is 7.32. The molecule has 3 nitrogen and oxygen atoms in total. The standard InChI is InChI=1S/C15H24O3/c1-2-13(16)7-8-14(17)9-10-15(18)11-12-5-3-4-6-12/h12H,2-11H2,1H3. The van der Waals surface area contributed by atoms with E-state index >= 15 is 0 Å². The normalized spacial score (nSPS) is 15.8. The van der Waals surface area contributed by atoms with Crippen molar-refractivity contribution < 1.29 is 14.4 Å². The third kappa shape index (κ3) is 6.08. The maximum absolute atomic E-state index is 11.7. The number of hydrogen-bond acceptors (Lipinski definition) is 3. The van der Waals surface area contributed by atoms with Crippen molar-refractivity contribution in [3.8, 4) is 0 Å². The fourth-order valence-corrected chi connectivity index (χ4v) is 2.50. The van der Waals surface area contributed by atoms with E-state index in [1.165, 1.54) is 25.7 Å². The van der Waals surface area contributed by atoms with Crippen molar-refractivity contribution in [1.82, 2.24) is 0 Å². The van der Waals surface area contributed by atoms with Crippen molar-refractivity contribution in [3.05, 3.63) is 0 Å². The largest absolute Gasteiger partial charge is 0.300 e. The second-order valence-corrected chi connectivity index (χ2v) is 5.32. The van der Waals surface area contributed by atoms with Crippen molar-refractivity contribution >= 4 is 17.3 Å². The molecule has 0 atom stereocenters. The van der Waals surface area contributed by atoms with E-state index in [0.717, 1.165) is 0 Å². The van der Waals surface area contributed by atoms with Gasteiger partial charge in [0.25, 0.3) is 0 Å². The van der Waals surface area contributed by atoms with Crippen LogP contribution in [0, 0.1) is 5.92 Å². The molecule has 0 aromatic heterocycles. The molecule has 0 aromatic rings. The van der Waals surface area contributed by atoms with Crippen molar-refractivity contribution in [1.29, 1.82) is 0 Å². The van der Waals surface area contributed by atoms with E-state index in [4.69, 9.17) is 0 Å². The third-order valence-corrected chi connectivity index (χ3v) is 3.75. The van der Waals surface area contributed by atoms with Crippen molar-refractivity contribution in [3.63, 3.8) is 0 Å². The molecule has 0 N–H and O–H groups in total. The van der Waals surface area contributed by atoms with Gasteiger partial charge in [-0.3, -0.25) is 14.4 Å². The van der Waals surface area contributed by atoms with Gasteiger partial charge in [0.2, 0.25) is 0 Å². The Balaban J connectivity index is 2.09. The summed E-state index contributed by atoms with van der Waals surface area (Å²) in [5.74, 6) is 0.962. The van der Waals surface area contributed by atoms with Gasteiger partial charge >= 0.3 is 0 Å². The summed E-state index contributed by atoms with van der Waals surface area (Å²) in [7, 11) is 0. The molecule has 0 saturated heterocycles. The van der Waals surface area contributed by atoms with Crippen molar-refractivity contribution in [2.75, 3.05) is 0 Å². The minimum atomic E-state index is 0.0524. The molecule has 0 bridgehead atoms. The Bertz CT molecular complexity index is 301. The molecule has 0 unspecified atom stereocenters. The van der Waals surface area contributed by atoms with E-state index in [1.54, 1.807) is 6.92 Å². The molecule has 0 radical (unpaired) electrons. The van der Waals surface area contributed by atoms with E-state index in [1.807, 2.05) is 0 Å². The zero-order valence-electron chi connectivity index (χ0n) is 11.4. The summed E-state index contributed by atoms with van der Waals surface area (Å²) in [5, 5.41) is 0. The van der Waals surface area contributed by atoms with Crippen molar-refractivity contribution in [2.24, 2.45) is 5.92 Å². The number of carbonyl (C=O) groups is 3. The van der Waals surface area contributed by atoms with Gasteiger partial charge in [0.1, 0.15) is 17.3 Å². The highest BCUT2D eigenvalue weighted by Gasteiger charge is 2.18. The molecular weight excluding hydrogens is 228 g/mol. The number of carbonyl (C=O) groups excluding carboxylic acids is 3. The molecular formula is C15H24O3. The molecule has 1 saturated carbocycles. The van der Waals surface area contributed by atoms with Crippen molar-refractivity contribution in [2.45, 2.75) is 71.1 Å². The molecule has 0 aliphatic heterocycles. The summed E-state index contributed by atoms with van der Waals surface area (Å²) in [6.45, 7) is 1.80. The third-order valence-electron chi connectivity index (χ3n) is 3.75. The highest BCUT2D eigenvalue weighted by atomic mass is 16.1. The molecule has 0 heterocycles. The van der Waals surface area contributed by atoms with E-state index in [-0.39, 0.29) is 17.3 Å². The summed E-state index contributed by atoms with van der Waals surface area (Å²) < 4.78 is 0. The molecule has 3 heteroatoms. The first-order valence-electron chi connectivity index (χ1n) is 7.17. The van der Waals surface area contributed by atoms with Crippen LogP contribution in [0.1, 0.15) is 71.1 Å². The molecule has 1 aliphatic carbocycles. The van der Waals surface area contributed by atoms with E-state index in [2.05, 4.69) is 0 Å². The lowest BCUT2D eigenvalue weighted by molar-refractivity contribution is -0.126. The number of rotatable bonds is 9. The second-order valence-electron chi connectivity index (χ2n) is 5.32. The Kier molecular flexibility index (Phi) is 6.84. The van der Waals surface area contributed by atoms with Gasteiger partial charge in [-0.15, -0.1) is 0 Å². The Morgan fingerprint density at radius 2 is 1.33 bits per heavy atom. The molecule has 18 heavy (non-hydrogen) atoms. The zero-order chi connectivity index (χ0) is 13.4. The first kappa shape index (κ1) is 15.1. The van der Waals surface area contributed by atoms with Gasteiger partial charge in [-0.2, -0.15) is 0 Å². The number of Topliss-reactive ketones (excluding diaryl/α,β-unsaturated/α-hetero) is 3. The minimum absolute atomic E-state index is 0.0524. The highest BCUT2D eigenvalue weighted by molar-refractivity contribution is 5.89. The first-order chi connectivity index (χ1) is 8.61. The van der Waals surface area contributed by atoms with Crippen LogP contribution in [0.3, 0.4) is 0 Å². The summed E-state index contributed by atoms with van der Waals surface area (Å²) in [6, 6.07) is 0. The fraction of sp³-hybridized carbons (Fsp3) is 0.800. The average Bonchev–Trinajstić information content (AvgIpc) is 2.86. The lowest BCUT2D eigenvalue weighted by atomic mass is 9.97. The quantitative estimate of drug-likeness (QED) is 0.633. The van der Waals surface area contributed by atoms with Crippen LogP contribution in [0.5, 0.6) is 0 Å². The second kappa shape index (κ2) is 8.17. The molecule has 0 amide bonds. The molecule has 102 valence electrons. The predicted octanol–water partition coefficient (Wildman–Crippen LogP) is 3.24. The molecule has 1 aliphatic rings. The minimum Gasteiger partial charge on any atom is -0.300 e. The lowest BCUT2D eigenvalue weighted by Gasteiger charge is -2.07. The van der Waals surface area contributed by atoms with Gasteiger partial charge in [0.15, 0.2) is 0 Å². The van der Waals surface area contributed by atoms with Gasteiger partial charge in [-0.1, -0.05) is 32.6 Å². The van der Waals surface area contributed by atoms with Crippen LogP contribution in [0.15, 0.2) is 0 Å². The highest BCUT2D eigenvalue weighted by Crippen LogP contribution is 2.28. The Labute approximate surface area is 109 Å². The van der Waals surface area contributed by atoms with E-state index in [9.17, 15) is 14.4 Å². The lowest BCUT2D eigenvalue weighted by Crippen LogP contribution is -2.09. The summed E-state index contributed by atoms with van der Waals surface area (Å²) in [4.78, 5) is 34.2. The molecule has 0 spiro atoms. The smallest absolute Gasteiger partial charge is 0.133 e. The van der Waals surface area contributed by atoms with Crippen LogP contribution < -0.4 is 0 Å². The fourth-order valence-electron chi connectivity index (χ4n) is 2.50. The first-order valence-corrected chi connectivity index (χ1v) is 7.17. The Morgan fingerprint density at radius 3 is 1.89 bits per heavy atom. The predicted molar refractivity (Wildman–Crippen MR) is 70.4 cm³/mol. The maximum atomic E-state index is 11.7. The average molecular weight is 252 g/mol. The van der Waals surface area contributed by atoms with Gasteiger partial charge in [0.05, 0.1) is 0 Å². The zero-order valence-corrected chi connectivity index (χ0v) is 11.4. The van der Waals surface area contributed by atoms with Crippen LogP contribution in [-0.2, 0) is 14.4 Å². The van der Waals surface area contributed by atoms with Gasteiger partial charge in [-0.05, 0) is 5.92 Å². The molecule has 1 fully saturated rings. The van der Waals surface area contributed by atoms with Crippen LogP contribution in [0.4, 0.5) is 0 Å². The number of hydrogen-bond donors (Lipinski definition) is 0. The van der Waals surface area contributed by atoms with Crippen LogP contribution in [0.2, 0.25) is 0 Å². The van der Waals surface area contributed by atoms with E-state index < -0.39 is 0 Å². The molecule has 1 rings (SSSR count). The monoisotopic (exact) mass is 252 g/mol. The van der Waals surface area contributed by atoms with Gasteiger partial charge < -0.3 is 0 Å². The van der Waals surface area contributed by atoms with E-state index in [0.29, 0.717) is 44.4 Å². The SMILES string of the molecule is CCC(=O)CCC(=O)CCC(=O)CC1CCCC1.